The monoisotopic (exact) mass is 445 g/mol. The van der Waals surface area contributed by atoms with Crippen molar-refractivity contribution in [3.05, 3.63) is 65.9 Å². The molecule has 0 bridgehead atoms. The van der Waals surface area contributed by atoms with E-state index in [0.717, 1.165) is 50.5 Å². The quantitative estimate of drug-likeness (QED) is 0.535. The van der Waals surface area contributed by atoms with Gasteiger partial charge in [-0.15, -0.1) is 5.10 Å². The summed E-state index contributed by atoms with van der Waals surface area (Å²) in [5.41, 5.74) is 6.16. The van der Waals surface area contributed by atoms with Crippen molar-refractivity contribution in [2.24, 2.45) is 0 Å². The molecular formula is C27H35N5O. The van der Waals surface area contributed by atoms with Crippen molar-refractivity contribution in [3.8, 4) is 11.3 Å². The number of benzene rings is 2. The number of ether oxygens (including phenoxy) is 1. The SMILES string of the molecule is Cc1cc(N2CC(C)(N(C)Cc3ccccc3)C2)ccc1-c1cn(CC2CCCCO2)nn1. The fourth-order valence-corrected chi connectivity index (χ4v) is 5.05. The second-order valence-electron chi connectivity index (χ2n) is 10.0. The fraction of sp³-hybridized carbons (Fsp3) is 0.481. The average Bonchev–Trinajstić information content (AvgIpc) is 3.26. The lowest BCUT2D eigenvalue weighted by molar-refractivity contribution is 0.00370. The number of rotatable bonds is 7. The molecule has 2 aliphatic heterocycles. The smallest absolute Gasteiger partial charge is 0.113 e. The van der Waals surface area contributed by atoms with Crippen LogP contribution in [0.3, 0.4) is 0 Å². The van der Waals surface area contributed by atoms with E-state index < -0.39 is 0 Å². The van der Waals surface area contributed by atoms with Crippen LogP contribution in [0.5, 0.6) is 0 Å². The molecule has 0 radical (unpaired) electrons. The molecule has 1 atom stereocenters. The lowest BCUT2D eigenvalue weighted by Gasteiger charge is -2.54. The van der Waals surface area contributed by atoms with Crippen molar-refractivity contribution in [3.63, 3.8) is 0 Å². The van der Waals surface area contributed by atoms with Crippen LogP contribution in [0, 0.1) is 6.92 Å². The lowest BCUT2D eigenvalue weighted by Crippen LogP contribution is -2.67. The normalized spacial score (nSPS) is 20.1. The first kappa shape index (κ1) is 22.1. The Morgan fingerprint density at radius 1 is 1.12 bits per heavy atom. The van der Waals surface area contributed by atoms with Gasteiger partial charge in [0.25, 0.3) is 0 Å². The summed E-state index contributed by atoms with van der Waals surface area (Å²) in [5.74, 6) is 0. The third-order valence-corrected chi connectivity index (χ3v) is 7.30. The minimum atomic E-state index is 0.187. The highest BCUT2D eigenvalue weighted by Gasteiger charge is 2.42. The summed E-state index contributed by atoms with van der Waals surface area (Å²) >= 11 is 0. The molecule has 2 aromatic carbocycles. The molecule has 3 heterocycles. The zero-order valence-electron chi connectivity index (χ0n) is 20.1. The van der Waals surface area contributed by atoms with E-state index in [1.807, 2.05) is 4.68 Å². The Hall–Kier alpha value is -2.70. The van der Waals surface area contributed by atoms with Crippen LogP contribution in [0.1, 0.15) is 37.3 Å². The number of nitrogens with zero attached hydrogens (tertiary/aromatic N) is 5. The first-order valence-corrected chi connectivity index (χ1v) is 12.1. The Balaban J connectivity index is 1.21. The largest absolute Gasteiger partial charge is 0.376 e. The molecule has 6 heteroatoms. The Morgan fingerprint density at radius 2 is 1.94 bits per heavy atom. The molecule has 1 aromatic heterocycles. The van der Waals surface area contributed by atoms with Gasteiger partial charge in [0.1, 0.15) is 5.69 Å². The summed E-state index contributed by atoms with van der Waals surface area (Å²) in [5, 5.41) is 8.80. The highest BCUT2D eigenvalue weighted by molar-refractivity contribution is 5.67. The average molecular weight is 446 g/mol. The van der Waals surface area contributed by atoms with Crippen LogP contribution in [0.15, 0.2) is 54.7 Å². The van der Waals surface area contributed by atoms with Crippen LogP contribution < -0.4 is 4.90 Å². The van der Waals surface area contributed by atoms with Crippen molar-refractivity contribution in [1.29, 1.82) is 0 Å². The molecule has 174 valence electrons. The molecule has 5 rings (SSSR count). The summed E-state index contributed by atoms with van der Waals surface area (Å²) in [6, 6.07) is 17.4. The number of likely N-dealkylation sites (N-methyl/N-ethyl adjacent to an activating group) is 1. The second-order valence-corrected chi connectivity index (χ2v) is 10.0. The van der Waals surface area contributed by atoms with E-state index in [2.05, 4.69) is 95.7 Å². The number of hydrogen-bond acceptors (Lipinski definition) is 5. The highest BCUT2D eigenvalue weighted by Crippen LogP contribution is 2.34. The minimum Gasteiger partial charge on any atom is -0.376 e. The Labute approximate surface area is 197 Å². The minimum absolute atomic E-state index is 0.187. The van der Waals surface area contributed by atoms with Gasteiger partial charge >= 0.3 is 0 Å². The molecule has 2 aliphatic rings. The summed E-state index contributed by atoms with van der Waals surface area (Å²) < 4.78 is 7.78. The van der Waals surface area contributed by atoms with Gasteiger partial charge in [-0.05, 0) is 63.4 Å². The Kier molecular flexibility index (Phi) is 6.21. The lowest BCUT2D eigenvalue weighted by atomic mass is 9.89. The number of aryl methyl sites for hydroxylation is 1. The summed E-state index contributed by atoms with van der Waals surface area (Å²) in [6.07, 6.45) is 5.84. The molecule has 0 amide bonds. The van der Waals surface area contributed by atoms with Gasteiger partial charge in [-0.1, -0.05) is 41.6 Å². The maximum absolute atomic E-state index is 5.85. The van der Waals surface area contributed by atoms with Gasteiger partial charge in [0.2, 0.25) is 0 Å². The number of anilines is 1. The highest BCUT2D eigenvalue weighted by atomic mass is 16.5. The third-order valence-electron chi connectivity index (χ3n) is 7.30. The van der Waals surface area contributed by atoms with Gasteiger partial charge in [-0.2, -0.15) is 0 Å². The predicted molar refractivity (Wildman–Crippen MR) is 132 cm³/mol. The van der Waals surface area contributed by atoms with Crippen molar-refractivity contribution in [2.45, 2.75) is 57.8 Å². The topological polar surface area (TPSA) is 46.4 Å². The Bertz CT molecular complexity index is 1070. The van der Waals surface area contributed by atoms with E-state index >= 15 is 0 Å². The molecular weight excluding hydrogens is 410 g/mol. The van der Waals surface area contributed by atoms with Crippen molar-refractivity contribution in [1.82, 2.24) is 19.9 Å². The molecule has 0 aliphatic carbocycles. The van der Waals surface area contributed by atoms with Crippen molar-refractivity contribution < 1.29 is 4.74 Å². The zero-order valence-corrected chi connectivity index (χ0v) is 20.1. The van der Waals surface area contributed by atoms with Crippen LogP contribution in [-0.4, -0.2) is 58.3 Å². The maximum atomic E-state index is 5.85. The van der Waals surface area contributed by atoms with E-state index in [-0.39, 0.29) is 11.6 Å². The van der Waals surface area contributed by atoms with Crippen LogP contribution >= 0.6 is 0 Å². The fourth-order valence-electron chi connectivity index (χ4n) is 5.05. The van der Waals surface area contributed by atoms with Gasteiger partial charge in [-0.25, -0.2) is 4.68 Å². The van der Waals surface area contributed by atoms with E-state index in [0.29, 0.717) is 0 Å². The molecule has 33 heavy (non-hydrogen) atoms. The van der Waals surface area contributed by atoms with Crippen LogP contribution in [0.4, 0.5) is 5.69 Å². The van der Waals surface area contributed by atoms with Gasteiger partial charge in [0, 0.05) is 37.5 Å². The number of aromatic nitrogens is 3. The molecule has 1 unspecified atom stereocenters. The molecule has 2 saturated heterocycles. The van der Waals surface area contributed by atoms with Gasteiger partial charge in [-0.3, -0.25) is 4.90 Å². The van der Waals surface area contributed by atoms with Crippen LogP contribution in [0.25, 0.3) is 11.3 Å². The van der Waals surface area contributed by atoms with Gasteiger partial charge in [0.05, 0.1) is 24.4 Å². The Morgan fingerprint density at radius 3 is 2.67 bits per heavy atom. The zero-order chi connectivity index (χ0) is 22.8. The predicted octanol–water partition coefficient (Wildman–Crippen LogP) is 4.53. The van der Waals surface area contributed by atoms with Crippen LogP contribution in [0.2, 0.25) is 0 Å². The molecule has 6 nitrogen and oxygen atoms in total. The van der Waals surface area contributed by atoms with Crippen molar-refractivity contribution >= 4 is 5.69 Å². The van der Waals surface area contributed by atoms with Crippen molar-refractivity contribution in [2.75, 3.05) is 31.6 Å². The summed E-state index contributed by atoms with van der Waals surface area (Å²) in [7, 11) is 2.24. The van der Waals surface area contributed by atoms with Crippen LogP contribution in [-0.2, 0) is 17.8 Å². The first-order chi connectivity index (χ1) is 16.0. The third kappa shape index (κ3) is 4.82. The molecule has 0 spiro atoms. The first-order valence-electron chi connectivity index (χ1n) is 12.1. The molecule has 0 N–H and O–H groups in total. The van der Waals surface area contributed by atoms with E-state index in [9.17, 15) is 0 Å². The molecule has 0 saturated carbocycles. The number of hydrogen-bond donors (Lipinski definition) is 0. The van der Waals surface area contributed by atoms with Gasteiger partial charge in [0.15, 0.2) is 0 Å². The standard InChI is InChI=1S/C27H35N5O/c1-21-15-23(31-19-27(2,20-31)30(3)16-22-9-5-4-6-10-22)12-13-25(21)26-18-32(29-28-26)17-24-11-7-8-14-33-24/h4-6,9-10,12-13,15,18,24H,7-8,11,14,16-17,19-20H2,1-3H3. The van der Waals surface area contributed by atoms with E-state index in [1.54, 1.807) is 0 Å². The molecule has 3 aromatic rings. The summed E-state index contributed by atoms with van der Waals surface area (Å²) in [6.45, 7) is 9.23. The molecule has 2 fully saturated rings. The van der Waals surface area contributed by atoms with Gasteiger partial charge < -0.3 is 9.64 Å². The van der Waals surface area contributed by atoms with E-state index in [4.69, 9.17) is 4.74 Å². The maximum Gasteiger partial charge on any atom is 0.113 e. The second kappa shape index (κ2) is 9.27. The van der Waals surface area contributed by atoms with E-state index in [1.165, 1.54) is 29.7 Å². The summed E-state index contributed by atoms with van der Waals surface area (Å²) in [4.78, 5) is 4.95.